The molecule has 0 amide bonds. The van der Waals surface area contributed by atoms with E-state index in [0.29, 0.717) is 16.7 Å². The van der Waals surface area contributed by atoms with Crippen molar-refractivity contribution in [1.82, 2.24) is 9.13 Å². The first-order valence-corrected chi connectivity index (χ1v) is 16.3. The summed E-state index contributed by atoms with van der Waals surface area (Å²) in [6.07, 6.45) is 0. The highest BCUT2D eigenvalue weighted by molar-refractivity contribution is 6.11. The molecule has 2 heterocycles. The van der Waals surface area contributed by atoms with Crippen LogP contribution in [0.2, 0.25) is 0 Å². The standard InChI is InChI=1S/C45H25N5/c46-26-29-17-21-44-39(23-29)40-24-30(27-47)18-22-45(40)49(44)32-20-19-31(28-48)38(25-32)34-10-2-1-9-33(34)35-11-3-6-14-41(35)50-42-15-7-4-12-36(42)37-13-5-8-16-43(37)50/h1-25H. The fourth-order valence-electron chi connectivity index (χ4n) is 7.46. The van der Waals surface area contributed by atoms with Gasteiger partial charge in [-0.1, -0.05) is 78.9 Å². The molecule has 0 saturated heterocycles. The number of fused-ring (bicyclic) bond motifs is 6. The van der Waals surface area contributed by atoms with Gasteiger partial charge >= 0.3 is 0 Å². The molecule has 0 fully saturated rings. The van der Waals surface area contributed by atoms with Crippen molar-refractivity contribution in [2.45, 2.75) is 0 Å². The van der Waals surface area contributed by atoms with Crippen molar-refractivity contribution in [2.24, 2.45) is 0 Å². The highest BCUT2D eigenvalue weighted by Gasteiger charge is 2.20. The molecule has 7 aromatic carbocycles. The lowest BCUT2D eigenvalue weighted by Gasteiger charge is -2.18. The summed E-state index contributed by atoms with van der Waals surface area (Å²) >= 11 is 0. The zero-order chi connectivity index (χ0) is 33.8. The Morgan fingerprint density at radius 1 is 0.360 bits per heavy atom. The van der Waals surface area contributed by atoms with Crippen LogP contribution in [0.15, 0.2) is 152 Å². The van der Waals surface area contributed by atoms with Gasteiger partial charge in [-0.25, -0.2) is 0 Å². The summed E-state index contributed by atoms with van der Waals surface area (Å²) in [6, 6.07) is 57.9. The molecule has 2 aromatic heterocycles. The van der Waals surface area contributed by atoms with E-state index in [4.69, 9.17) is 0 Å². The second-order valence-electron chi connectivity index (χ2n) is 12.3. The topological polar surface area (TPSA) is 81.2 Å². The third kappa shape index (κ3) is 4.31. The Morgan fingerprint density at radius 3 is 1.44 bits per heavy atom. The summed E-state index contributed by atoms with van der Waals surface area (Å²) in [4.78, 5) is 0. The minimum Gasteiger partial charge on any atom is -0.309 e. The number of rotatable bonds is 4. The molecule has 0 aliphatic carbocycles. The van der Waals surface area contributed by atoms with Gasteiger partial charge in [-0.15, -0.1) is 0 Å². The number of hydrogen-bond donors (Lipinski definition) is 0. The molecule has 0 unspecified atom stereocenters. The van der Waals surface area contributed by atoms with Gasteiger partial charge in [0.05, 0.1) is 62.7 Å². The van der Waals surface area contributed by atoms with Gasteiger partial charge in [-0.2, -0.15) is 15.8 Å². The van der Waals surface area contributed by atoms with Gasteiger partial charge in [0.1, 0.15) is 0 Å². The van der Waals surface area contributed by atoms with Crippen LogP contribution < -0.4 is 0 Å². The zero-order valence-electron chi connectivity index (χ0n) is 26.7. The molecule has 0 aliphatic rings. The lowest BCUT2D eigenvalue weighted by molar-refractivity contribution is 1.18. The van der Waals surface area contributed by atoms with E-state index in [1.807, 2.05) is 60.7 Å². The summed E-state index contributed by atoms with van der Waals surface area (Å²) in [5.41, 5.74) is 11.5. The lowest BCUT2D eigenvalue weighted by atomic mass is 9.91. The Morgan fingerprint density at radius 2 is 0.860 bits per heavy atom. The molecule has 0 saturated carbocycles. The quantitative estimate of drug-likeness (QED) is 0.193. The third-order valence-corrected chi connectivity index (χ3v) is 9.64. The normalized spacial score (nSPS) is 11.1. The molecular formula is C45H25N5. The lowest BCUT2D eigenvalue weighted by Crippen LogP contribution is -1.99. The first-order chi connectivity index (χ1) is 24.7. The minimum atomic E-state index is 0.551. The van der Waals surface area contributed by atoms with Gasteiger partial charge in [0, 0.05) is 38.4 Å². The number of nitriles is 3. The molecule has 0 atom stereocenters. The summed E-state index contributed by atoms with van der Waals surface area (Å²) in [5.74, 6) is 0. The van der Waals surface area contributed by atoms with E-state index in [1.54, 1.807) is 0 Å². The Bertz CT molecular complexity index is 2850. The van der Waals surface area contributed by atoms with E-state index in [9.17, 15) is 15.8 Å². The van der Waals surface area contributed by atoms with Crippen molar-refractivity contribution in [3.63, 3.8) is 0 Å². The van der Waals surface area contributed by atoms with Gasteiger partial charge < -0.3 is 9.13 Å². The van der Waals surface area contributed by atoms with Crippen molar-refractivity contribution < 1.29 is 0 Å². The SMILES string of the molecule is N#Cc1ccc2c(c1)c1cc(C#N)ccc1n2-c1ccc(C#N)c(-c2ccccc2-c2ccccc2-n2c3ccccc3c3ccccc32)c1. The molecular weight excluding hydrogens is 611 g/mol. The van der Waals surface area contributed by atoms with Gasteiger partial charge in [-0.3, -0.25) is 0 Å². The summed E-state index contributed by atoms with van der Waals surface area (Å²) in [5, 5.41) is 34.0. The average molecular weight is 636 g/mol. The van der Waals surface area contributed by atoms with Crippen molar-refractivity contribution in [3.05, 3.63) is 168 Å². The molecule has 5 nitrogen and oxygen atoms in total. The summed E-state index contributed by atoms with van der Waals surface area (Å²) in [6.45, 7) is 0. The highest BCUT2D eigenvalue weighted by Crippen LogP contribution is 2.41. The van der Waals surface area contributed by atoms with Gasteiger partial charge in [0.15, 0.2) is 0 Å². The van der Waals surface area contributed by atoms with Crippen LogP contribution in [0, 0.1) is 34.0 Å². The smallest absolute Gasteiger partial charge is 0.0998 e. The number of nitrogens with zero attached hydrogens (tertiary/aromatic N) is 5. The molecule has 0 aliphatic heterocycles. The maximum absolute atomic E-state index is 10.4. The predicted molar refractivity (Wildman–Crippen MR) is 200 cm³/mol. The van der Waals surface area contributed by atoms with Crippen molar-refractivity contribution in [2.75, 3.05) is 0 Å². The van der Waals surface area contributed by atoms with Crippen LogP contribution in [0.3, 0.4) is 0 Å². The monoisotopic (exact) mass is 635 g/mol. The predicted octanol–water partition coefficient (Wildman–Crippen LogP) is 10.8. The average Bonchev–Trinajstić information content (AvgIpc) is 3.69. The van der Waals surface area contributed by atoms with E-state index in [0.717, 1.165) is 66.5 Å². The second-order valence-corrected chi connectivity index (χ2v) is 12.3. The molecule has 230 valence electrons. The summed E-state index contributed by atoms with van der Waals surface area (Å²) in [7, 11) is 0. The van der Waals surface area contributed by atoms with E-state index < -0.39 is 0 Å². The molecule has 0 N–H and O–H groups in total. The van der Waals surface area contributed by atoms with Crippen molar-refractivity contribution in [3.8, 4) is 51.8 Å². The molecule has 5 heteroatoms. The first-order valence-electron chi connectivity index (χ1n) is 16.3. The maximum atomic E-state index is 10.4. The number of aromatic nitrogens is 2. The fourth-order valence-corrected chi connectivity index (χ4v) is 7.46. The van der Waals surface area contributed by atoms with Crippen LogP contribution in [-0.4, -0.2) is 9.13 Å². The molecule has 0 bridgehead atoms. The van der Waals surface area contributed by atoms with Crippen LogP contribution in [0.4, 0.5) is 0 Å². The number of benzene rings is 7. The van der Waals surface area contributed by atoms with Crippen LogP contribution in [0.1, 0.15) is 16.7 Å². The number of hydrogen-bond acceptors (Lipinski definition) is 3. The van der Waals surface area contributed by atoms with Gasteiger partial charge in [-0.05, 0) is 83.9 Å². The third-order valence-electron chi connectivity index (χ3n) is 9.64. The first kappa shape index (κ1) is 28.8. The van der Waals surface area contributed by atoms with Crippen LogP contribution >= 0.6 is 0 Å². The Labute approximate surface area is 287 Å². The maximum Gasteiger partial charge on any atom is 0.0998 e. The van der Waals surface area contributed by atoms with E-state index in [-0.39, 0.29) is 0 Å². The van der Waals surface area contributed by atoms with E-state index in [2.05, 4.69) is 118 Å². The van der Waals surface area contributed by atoms with E-state index >= 15 is 0 Å². The minimum absolute atomic E-state index is 0.551. The Kier molecular flexibility index (Phi) is 6.56. The van der Waals surface area contributed by atoms with E-state index in [1.165, 1.54) is 10.8 Å². The molecule has 0 spiro atoms. The van der Waals surface area contributed by atoms with Gasteiger partial charge in [0.25, 0.3) is 0 Å². The highest BCUT2D eigenvalue weighted by atomic mass is 15.0. The zero-order valence-corrected chi connectivity index (χ0v) is 26.7. The van der Waals surface area contributed by atoms with Crippen molar-refractivity contribution >= 4 is 43.6 Å². The van der Waals surface area contributed by atoms with Crippen LogP contribution in [0.5, 0.6) is 0 Å². The molecule has 0 radical (unpaired) electrons. The van der Waals surface area contributed by atoms with Crippen LogP contribution in [-0.2, 0) is 0 Å². The summed E-state index contributed by atoms with van der Waals surface area (Å²) < 4.78 is 4.48. The molecule has 9 rings (SSSR count). The largest absolute Gasteiger partial charge is 0.309 e. The van der Waals surface area contributed by atoms with Crippen molar-refractivity contribution in [1.29, 1.82) is 15.8 Å². The fraction of sp³-hybridized carbons (Fsp3) is 0. The van der Waals surface area contributed by atoms with Gasteiger partial charge in [0.2, 0.25) is 0 Å². The molecule has 9 aromatic rings. The number of para-hydroxylation sites is 3. The van der Waals surface area contributed by atoms with Crippen LogP contribution in [0.25, 0.3) is 77.2 Å². The molecule has 50 heavy (non-hydrogen) atoms. The Balaban J connectivity index is 1.29. The second kappa shape index (κ2) is 11.4. The Hall–Kier alpha value is -7.39.